The van der Waals surface area contributed by atoms with Gasteiger partial charge in [-0.15, -0.1) is 0 Å². The first-order valence-corrected chi connectivity index (χ1v) is 6.84. The minimum Gasteiger partial charge on any atom is -0.465 e. The second kappa shape index (κ2) is 6.63. The molecule has 0 heterocycles. The molecule has 0 aromatic rings. The summed E-state index contributed by atoms with van der Waals surface area (Å²) in [6, 6.07) is 0. The van der Waals surface area contributed by atoms with Crippen molar-refractivity contribution in [3.8, 4) is 0 Å². The smallest absolute Gasteiger partial charge is 0.316 e. The molecule has 0 aromatic heterocycles. The third kappa shape index (κ3) is 2.80. The summed E-state index contributed by atoms with van der Waals surface area (Å²) in [5.41, 5.74) is 0.908. The number of esters is 1. The number of rotatable bonds is 3. The fourth-order valence-electron chi connectivity index (χ4n) is 2.38. The lowest BCUT2D eigenvalue weighted by molar-refractivity contribution is -0.157. The highest BCUT2D eigenvalue weighted by molar-refractivity contribution is 5.82. The van der Waals surface area contributed by atoms with Crippen LogP contribution in [-0.2, 0) is 9.53 Å². The van der Waals surface area contributed by atoms with Crippen molar-refractivity contribution in [2.24, 2.45) is 5.41 Å². The maximum atomic E-state index is 11.9. The van der Waals surface area contributed by atoms with Gasteiger partial charge < -0.3 is 4.74 Å². The van der Waals surface area contributed by atoms with Crippen molar-refractivity contribution < 1.29 is 9.53 Å². The zero-order valence-electron chi connectivity index (χ0n) is 11.3. The Balaban J connectivity index is 0.000000686. The van der Waals surface area contributed by atoms with Crippen LogP contribution in [0.2, 0.25) is 0 Å². The summed E-state index contributed by atoms with van der Waals surface area (Å²) in [5.74, 6) is -0.0194. The molecule has 2 nitrogen and oxygen atoms in total. The standard InChI is InChI=1S/C13H18O2.C2H6/c1-2-15-12(14)13(9-6-10-13)11-7-4-3-5-8-11;1-2/h4,7-8H,2-3,5-6,9-10H2,1H3;1-2H3. The lowest BCUT2D eigenvalue weighted by atomic mass is 9.63. The van der Waals surface area contributed by atoms with Crippen LogP contribution < -0.4 is 0 Å². The van der Waals surface area contributed by atoms with Crippen LogP contribution in [0.15, 0.2) is 23.8 Å². The van der Waals surface area contributed by atoms with Crippen LogP contribution in [0, 0.1) is 5.41 Å². The molecule has 0 radical (unpaired) electrons. The second-order valence-electron chi connectivity index (χ2n) is 4.30. The molecule has 0 spiro atoms. The molecule has 0 N–H and O–H groups in total. The molecule has 1 fully saturated rings. The third-order valence-corrected chi connectivity index (χ3v) is 3.42. The van der Waals surface area contributed by atoms with Gasteiger partial charge in [-0.2, -0.15) is 0 Å². The van der Waals surface area contributed by atoms with Crippen LogP contribution in [0.1, 0.15) is 52.9 Å². The van der Waals surface area contributed by atoms with E-state index >= 15 is 0 Å². The molecule has 2 rings (SSSR count). The molecule has 0 aromatic carbocycles. The van der Waals surface area contributed by atoms with Crippen molar-refractivity contribution in [3.63, 3.8) is 0 Å². The number of hydrogen-bond acceptors (Lipinski definition) is 2. The van der Waals surface area contributed by atoms with Crippen molar-refractivity contribution in [2.45, 2.75) is 52.9 Å². The van der Waals surface area contributed by atoms with Gasteiger partial charge in [0.25, 0.3) is 0 Å². The number of carbonyl (C=O) groups is 1. The Kier molecular flexibility index (Phi) is 5.46. The maximum absolute atomic E-state index is 11.9. The number of ether oxygens (including phenoxy) is 1. The lowest BCUT2D eigenvalue weighted by Gasteiger charge is -2.41. The lowest BCUT2D eigenvalue weighted by Crippen LogP contribution is -2.41. The fourth-order valence-corrected chi connectivity index (χ4v) is 2.38. The van der Waals surface area contributed by atoms with Crippen LogP contribution in [0.25, 0.3) is 0 Å². The first-order chi connectivity index (χ1) is 8.29. The molecule has 96 valence electrons. The van der Waals surface area contributed by atoms with Gasteiger partial charge in [0, 0.05) is 0 Å². The largest absolute Gasteiger partial charge is 0.465 e. The molecule has 0 atom stereocenters. The average Bonchev–Trinajstić information content (AvgIpc) is 2.32. The summed E-state index contributed by atoms with van der Waals surface area (Å²) < 4.78 is 5.19. The van der Waals surface area contributed by atoms with E-state index < -0.39 is 0 Å². The first kappa shape index (κ1) is 14.0. The Morgan fingerprint density at radius 3 is 2.47 bits per heavy atom. The van der Waals surface area contributed by atoms with Crippen LogP contribution in [0.4, 0.5) is 0 Å². The predicted molar refractivity (Wildman–Crippen MR) is 70.7 cm³/mol. The zero-order valence-corrected chi connectivity index (χ0v) is 11.3. The Hall–Kier alpha value is -1.05. The van der Waals surface area contributed by atoms with E-state index in [2.05, 4.69) is 18.2 Å². The molecule has 2 heteroatoms. The Bertz CT molecular complexity index is 309. The molecule has 1 saturated carbocycles. The van der Waals surface area contributed by atoms with Gasteiger partial charge in [-0.3, -0.25) is 4.79 Å². The average molecular weight is 236 g/mol. The maximum Gasteiger partial charge on any atom is 0.316 e. The summed E-state index contributed by atoms with van der Waals surface area (Å²) >= 11 is 0. The minimum atomic E-state index is -0.285. The van der Waals surface area contributed by atoms with Gasteiger partial charge in [-0.1, -0.05) is 38.5 Å². The second-order valence-corrected chi connectivity index (χ2v) is 4.30. The van der Waals surface area contributed by atoms with Gasteiger partial charge in [0.2, 0.25) is 0 Å². The molecule has 0 bridgehead atoms. The highest BCUT2D eigenvalue weighted by Gasteiger charge is 2.47. The molecule has 2 aliphatic rings. The van der Waals surface area contributed by atoms with Crippen molar-refractivity contribution in [2.75, 3.05) is 6.61 Å². The quantitative estimate of drug-likeness (QED) is 0.692. The minimum absolute atomic E-state index is 0.0194. The zero-order chi connectivity index (χ0) is 12.7. The van der Waals surface area contributed by atoms with Crippen molar-refractivity contribution >= 4 is 5.97 Å². The van der Waals surface area contributed by atoms with E-state index in [9.17, 15) is 4.79 Å². The summed E-state index contributed by atoms with van der Waals surface area (Å²) in [6.45, 7) is 6.35. The summed E-state index contributed by atoms with van der Waals surface area (Å²) in [7, 11) is 0. The SMILES string of the molecule is CC.CCOC(=O)C1(C2=CCCC=C2)CCC1. The highest BCUT2D eigenvalue weighted by Crippen LogP contribution is 2.49. The highest BCUT2D eigenvalue weighted by atomic mass is 16.5. The van der Waals surface area contributed by atoms with Gasteiger partial charge in [-0.05, 0) is 38.2 Å². The molecule has 17 heavy (non-hydrogen) atoms. The van der Waals surface area contributed by atoms with Crippen LogP contribution in [-0.4, -0.2) is 12.6 Å². The van der Waals surface area contributed by atoms with Crippen LogP contribution >= 0.6 is 0 Å². The normalized spacial score (nSPS) is 20.5. The van der Waals surface area contributed by atoms with E-state index in [0.717, 1.165) is 32.1 Å². The summed E-state index contributed by atoms with van der Waals surface area (Å²) in [4.78, 5) is 11.9. The number of allylic oxidation sites excluding steroid dienone is 3. The van der Waals surface area contributed by atoms with Crippen molar-refractivity contribution in [1.29, 1.82) is 0 Å². The number of hydrogen-bond donors (Lipinski definition) is 0. The van der Waals surface area contributed by atoms with E-state index in [-0.39, 0.29) is 11.4 Å². The number of carbonyl (C=O) groups excluding carboxylic acids is 1. The van der Waals surface area contributed by atoms with Gasteiger partial charge in [0.15, 0.2) is 0 Å². The Morgan fingerprint density at radius 1 is 1.35 bits per heavy atom. The van der Waals surface area contributed by atoms with Crippen LogP contribution in [0.3, 0.4) is 0 Å². The molecule has 0 saturated heterocycles. The van der Waals surface area contributed by atoms with Gasteiger partial charge in [-0.25, -0.2) is 0 Å². The van der Waals surface area contributed by atoms with E-state index in [1.54, 1.807) is 0 Å². The van der Waals surface area contributed by atoms with Crippen molar-refractivity contribution in [1.82, 2.24) is 0 Å². The Morgan fingerprint density at radius 2 is 2.06 bits per heavy atom. The van der Waals surface area contributed by atoms with Gasteiger partial charge in [0.05, 0.1) is 12.0 Å². The van der Waals surface area contributed by atoms with Gasteiger partial charge >= 0.3 is 5.97 Å². The molecular weight excluding hydrogens is 212 g/mol. The van der Waals surface area contributed by atoms with E-state index in [0.29, 0.717) is 6.61 Å². The monoisotopic (exact) mass is 236 g/mol. The Labute approximate surface area is 105 Å². The fraction of sp³-hybridized carbons (Fsp3) is 0.667. The summed E-state index contributed by atoms with van der Waals surface area (Å²) in [5, 5.41) is 0. The molecule has 0 amide bonds. The van der Waals surface area contributed by atoms with E-state index in [1.165, 1.54) is 5.57 Å². The first-order valence-electron chi connectivity index (χ1n) is 6.84. The molecule has 2 aliphatic carbocycles. The van der Waals surface area contributed by atoms with Crippen LogP contribution in [0.5, 0.6) is 0 Å². The third-order valence-electron chi connectivity index (χ3n) is 3.42. The van der Waals surface area contributed by atoms with E-state index in [4.69, 9.17) is 4.74 Å². The topological polar surface area (TPSA) is 26.3 Å². The summed E-state index contributed by atoms with van der Waals surface area (Å²) in [6.07, 6.45) is 11.7. The van der Waals surface area contributed by atoms with Crippen molar-refractivity contribution in [3.05, 3.63) is 23.8 Å². The van der Waals surface area contributed by atoms with Gasteiger partial charge in [0.1, 0.15) is 0 Å². The molecular formula is C15H24O2. The predicted octanol–water partition coefficient (Wildman–Crippen LogP) is 4.02. The molecule has 0 aliphatic heterocycles. The van der Waals surface area contributed by atoms with E-state index in [1.807, 2.05) is 20.8 Å². The molecule has 0 unspecified atom stereocenters.